The molecule has 0 fully saturated rings. The zero-order valence-electron chi connectivity index (χ0n) is 17.3. The van der Waals surface area contributed by atoms with Crippen molar-refractivity contribution in [3.8, 4) is 23.0 Å². The first-order valence-corrected chi connectivity index (χ1v) is 9.86. The third-order valence-electron chi connectivity index (χ3n) is 4.26. The van der Waals surface area contributed by atoms with Crippen molar-refractivity contribution in [1.82, 2.24) is 10.2 Å². The van der Waals surface area contributed by atoms with Crippen LogP contribution in [0, 0.1) is 6.92 Å². The van der Waals surface area contributed by atoms with E-state index in [-0.39, 0.29) is 5.91 Å². The number of carbonyl (C=O) groups excluding carboxylic acids is 1. The highest BCUT2D eigenvalue weighted by Crippen LogP contribution is 2.29. The van der Waals surface area contributed by atoms with Gasteiger partial charge in [0.1, 0.15) is 0 Å². The zero-order valence-corrected chi connectivity index (χ0v) is 17.3. The van der Waals surface area contributed by atoms with Crippen LogP contribution in [-0.4, -0.2) is 29.3 Å². The van der Waals surface area contributed by atoms with Crippen molar-refractivity contribution < 1.29 is 18.7 Å². The van der Waals surface area contributed by atoms with Gasteiger partial charge in [-0.25, -0.2) is 0 Å². The van der Waals surface area contributed by atoms with Crippen molar-refractivity contribution in [1.29, 1.82) is 0 Å². The van der Waals surface area contributed by atoms with E-state index in [0.717, 1.165) is 23.1 Å². The number of anilines is 1. The summed E-state index contributed by atoms with van der Waals surface area (Å²) in [6, 6.07) is 11.2. The van der Waals surface area contributed by atoms with Crippen LogP contribution in [0.15, 0.2) is 53.3 Å². The fourth-order valence-corrected chi connectivity index (χ4v) is 2.76. The van der Waals surface area contributed by atoms with Crippen LogP contribution >= 0.6 is 0 Å². The van der Waals surface area contributed by atoms with Gasteiger partial charge >= 0.3 is 0 Å². The van der Waals surface area contributed by atoms with E-state index in [1.807, 2.05) is 50.2 Å². The Hall–Kier alpha value is -3.61. The van der Waals surface area contributed by atoms with Gasteiger partial charge in [-0.1, -0.05) is 19.1 Å². The molecule has 0 unspecified atom stereocenters. The van der Waals surface area contributed by atoms with Gasteiger partial charge in [-0.05, 0) is 61.7 Å². The smallest absolute Gasteiger partial charge is 0.248 e. The first-order valence-electron chi connectivity index (χ1n) is 9.86. The maximum Gasteiger partial charge on any atom is 0.248 e. The summed E-state index contributed by atoms with van der Waals surface area (Å²) in [6.45, 7) is 7.05. The molecule has 30 heavy (non-hydrogen) atoms. The van der Waals surface area contributed by atoms with Crippen LogP contribution < -0.4 is 14.8 Å². The van der Waals surface area contributed by atoms with Crippen LogP contribution in [0.5, 0.6) is 11.5 Å². The number of aryl methyl sites for hydroxylation is 1. The fourth-order valence-electron chi connectivity index (χ4n) is 2.76. The van der Waals surface area contributed by atoms with Gasteiger partial charge in [0.25, 0.3) is 0 Å². The average molecular weight is 407 g/mol. The van der Waals surface area contributed by atoms with Crippen molar-refractivity contribution in [2.75, 3.05) is 18.5 Å². The molecule has 0 aliphatic carbocycles. The lowest BCUT2D eigenvalue weighted by Crippen LogP contribution is -2.09. The minimum atomic E-state index is -0.245. The Morgan fingerprint density at radius 3 is 2.73 bits per heavy atom. The van der Waals surface area contributed by atoms with Crippen molar-refractivity contribution in [2.45, 2.75) is 27.2 Å². The molecule has 0 radical (unpaired) electrons. The Bertz CT molecular complexity index is 1010. The molecule has 1 N–H and O–H groups in total. The van der Waals surface area contributed by atoms with Gasteiger partial charge in [0, 0.05) is 17.3 Å². The summed E-state index contributed by atoms with van der Waals surface area (Å²) in [5, 5.41) is 10.5. The predicted molar refractivity (Wildman–Crippen MR) is 116 cm³/mol. The number of rotatable bonds is 9. The largest absolute Gasteiger partial charge is 0.490 e. The van der Waals surface area contributed by atoms with Crippen molar-refractivity contribution >= 4 is 17.7 Å². The molecule has 3 rings (SSSR count). The van der Waals surface area contributed by atoms with Crippen LogP contribution in [0.2, 0.25) is 0 Å². The molecule has 0 saturated carbocycles. The molecule has 3 aromatic rings. The third kappa shape index (κ3) is 5.47. The predicted octanol–water partition coefficient (Wildman–Crippen LogP) is 4.88. The summed E-state index contributed by atoms with van der Waals surface area (Å²) in [4.78, 5) is 12.4. The molecule has 7 nitrogen and oxygen atoms in total. The van der Waals surface area contributed by atoms with E-state index in [9.17, 15) is 4.79 Å². The lowest BCUT2D eigenvalue weighted by molar-refractivity contribution is -0.111. The summed E-state index contributed by atoms with van der Waals surface area (Å²) in [5.74, 6) is 1.52. The Balaban J connectivity index is 1.71. The van der Waals surface area contributed by atoms with Gasteiger partial charge < -0.3 is 19.2 Å². The van der Waals surface area contributed by atoms with Gasteiger partial charge in [-0.2, -0.15) is 0 Å². The van der Waals surface area contributed by atoms with Crippen LogP contribution in [0.25, 0.3) is 17.5 Å². The van der Waals surface area contributed by atoms with Crippen LogP contribution in [0.3, 0.4) is 0 Å². The minimum Gasteiger partial charge on any atom is -0.490 e. The first-order chi connectivity index (χ1) is 14.6. The number of aromatic nitrogens is 2. The Morgan fingerprint density at radius 2 is 2.00 bits per heavy atom. The molecule has 2 aromatic carbocycles. The number of nitrogens with one attached hydrogen (secondary N) is 1. The standard InChI is InChI=1S/C23H25N3O4/c1-4-12-29-20-10-7-17(13-21(20)28-5-2)8-11-22(27)25-19-14-18(9-6-16(19)3)23-26-24-15-30-23/h6-11,13-15H,4-5,12H2,1-3H3,(H,25,27). The normalized spacial score (nSPS) is 10.9. The molecule has 0 atom stereocenters. The molecular formula is C23H25N3O4. The van der Waals surface area contributed by atoms with Crippen molar-refractivity contribution in [3.63, 3.8) is 0 Å². The third-order valence-corrected chi connectivity index (χ3v) is 4.26. The molecule has 1 amide bonds. The molecule has 0 aliphatic heterocycles. The number of benzene rings is 2. The van der Waals surface area contributed by atoms with Gasteiger partial charge in [0.15, 0.2) is 11.5 Å². The highest BCUT2D eigenvalue weighted by atomic mass is 16.5. The lowest BCUT2D eigenvalue weighted by atomic mass is 10.1. The summed E-state index contributed by atoms with van der Waals surface area (Å²) in [6.07, 6.45) is 5.40. The molecule has 0 aliphatic rings. The number of hydrogen-bond acceptors (Lipinski definition) is 6. The number of amides is 1. The number of ether oxygens (including phenoxy) is 2. The van der Waals surface area contributed by atoms with Gasteiger partial charge in [-0.3, -0.25) is 4.79 Å². The Kier molecular flexibility index (Phi) is 7.21. The number of carbonyl (C=O) groups is 1. The SMILES string of the molecule is CCCOc1ccc(C=CC(=O)Nc2cc(-c3nnco3)ccc2C)cc1OCC. The summed E-state index contributed by atoms with van der Waals surface area (Å²) >= 11 is 0. The van der Waals surface area contributed by atoms with Crippen LogP contribution in [-0.2, 0) is 4.79 Å². The summed E-state index contributed by atoms with van der Waals surface area (Å²) < 4.78 is 16.6. The summed E-state index contributed by atoms with van der Waals surface area (Å²) in [5.41, 5.74) is 3.19. The molecule has 0 saturated heterocycles. The summed E-state index contributed by atoms with van der Waals surface area (Å²) in [7, 11) is 0. The minimum absolute atomic E-state index is 0.245. The van der Waals surface area contributed by atoms with Crippen molar-refractivity contribution in [2.24, 2.45) is 0 Å². The molecule has 1 aromatic heterocycles. The Labute approximate surface area is 175 Å². The van der Waals surface area contributed by atoms with Gasteiger partial charge in [0.05, 0.1) is 13.2 Å². The maximum atomic E-state index is 12.4. The lowest BCUT2D eigenvalue weighted by Gasteiger charge is -2.12. The zero-order chi connectivity index (χ0) is 21.3. The molecule has 1 heterocycles. The second kappa shape index (κ2) is 10.2. The van der Waals surface area contributed by atoms with Crippen molar-refractivity contribution in [3.05, 3.63) is 60.0 Å². The quantitative estimate of drug-likeness (QED) is 0.509. The van der Waals surface area contributed by atoms with Crippen LogP contribution in [0.1, 0.15) is 31.4 Å². The Morgan fingerprint density at radius 1 is 1.13 bits per heavy atom. The number of hydrogen-bond donors (Lipinski definition) is 1. The topological polar surface area (TPSA) is 86.5 Å². The molecule has 0 spiro atoms. The molecule has 0 bridgehead atoms. The molecular weight excluding hydrogens is 382 g/mol. The molecule has 156 valence electrons. The second-order valence-corrected chi connectivity index (χ2v) is 6.58. The highest BCUT2D eigenvalue weighted by molar-refractivity contribution is 6.02. The van der Waals surface area contributed by atoms with E-state index in [1.165, 1.54) is 12.5 Å². The number of nitrogens with zero attached hydrogens (tertiary/aromatic N) is 2. The van der Waals surface area contributed by atoms with E-state index in [4.69, 9.17) is 13.9 Å². The van der Waals surface area contributed by atoms with E-state index in [1.54, 1.807) is 6.08 Å². The van der Waals surface area contributed by atoms with E-state index < -0.39 is 0 Å². The first kappa shape index (κ1) is 21.1. The van der Waals surface area contributed by atoms with E-state index in [2.05, 4.69) is 22.4 Å². The monoisotopic (exact) mass is 407 g/mol. The second-order valence-electron chi connectivity index (χ2n) is 6.58. The molecule has 7 heteroatoms. The maximum absolute atomic E-state index is 12.4. The van der Waals surface area contributed by atoms with Crippen LogP contribution in [0.4, 0.5) is 5.69 Å². The van der Waals surface area contributed by atoms with Gasteiger partial charge in [-0.15, -0.1) is 10.2 Å². The average Bonchev–Trinajstić information content (AvgIpc) is 3.28. The highest BCUT2D eigenvalue weighted by Gasteiger charge is 2.09. The van der Waals surface area contributed by atoms with E-state index in [0.29, 0.717) is 36.3 Å². The van der Waals surface area contributed by atoms with E-state index >= 15 is 0 Å². The fraction of sp³-hybridized carbons (Fsp3) is 0.261. The van der Waals surface area contributed by atoms with Gasteiger partial charge in [0.2, 0.25) is 18.2 Å².